The number of carbonyl (C=O) groups is 1. The molecule has 0 atom stereocenters. The topological polar surface area (TPSA) is 41.1 Å². The first kappa shape index (κ1) is 17.9. The first-order chi connectivity index (χ1) is 10.2. The van der Waals surface area contributed by atoms with Crippen LogP contribution in [-0.2, 0) is 12.7 Å². The van der Waals surface area contributed by atoms with E-state index in [0.717, 1.165) is 12.1 Å². The minimum absolute atomic E-state index is 0.0302. The van der Waals surface area contributed by atoms with E-state index in [1.165, 1.54) is 12.1 Å². The average molecular weight is 322 g/mol. The molecule has 122 valence electrons. The molecule has 0 spiro atoms. The maximum Gasteiger partial charge on any atom is 0.416 e. The minimum Gasteiger partial charge on any atom is -0.338 e. The van der Waals surface area contributed by atoms with Gasteiger partial charge in [-0.3, -0.25) is 0 Å². The summed E-state index contributed by atoms with van der Waals surface area (Å²) in [5.74, 6) is 0. The second kappa shape index (κ2) is 7.77. The number of rotatable bonds is 6. The molecule has 3 nitrogen and oxygen atoms in total. The molecular weight excluding hydrogens is 307 g/mol. The molecule has 1 rings (SSSR count). The van der Waals surface area contributed by atoms with Gasteiger partial charge in [-0.05, 0) is 29.7 Å². The zero-order chi connectivity index (χ0) is 16.8. The summed E-state index contributed by atoms with van der Waals surface area (Å²) in [7, 11) is 0. The fourth-order valence-electron chi connectivity index (χ4n) is 1.55. The third-order valence-electron chi connectivity index (χ3n) is 2.75. The lowest BCUT2D eigenvalue weighted by Gasteiger charge is -2.10. The van der Waals surface area contributed by atoms with E-state index in [2.05, 4.69) is 17.2 Å². The van der Waals surface area contributed by atoms with Crippen LogP contribution >= 0.6 is 0 Å². The number of hydrogen-bond acceptors (Lipinski definition) is 1. The molecule has 0 saturated carbocycles. The summed E-state index contributed by atoms with van der Waals surface area (Å²) in [5.41, 5.74) is -0.819. The lowest BCUT2D eigenvalue weighted by Crippen LogP contribution is -2.35. The van der Waals surface area contributed by atoms with E-state index in [1.54, 1.807) is 0 Å². The van der Waals surface area contributed by atoms with Crippen LogP contribution in [0.4, 0.5) is 26.7 Å². The zero-order valence-corrected chi connectivity index (χ0v) is 11.5. The van der Waals surface area contributed by atoms with Gasteiger partial charge < -0.3 is 10.6 Å². The Morgan fingerprint density at radius 1 is 1.23 bits per heavy atom. The average Bonchev–Trinajstić information content (AvgIpc) is 2.44. The SMILES string of the molecule is C=C(CCNC(=O)NCc1cccc(C(F)(F)F)c1)C(F)F. The van der Waals surface area contributed by atoms with Crippen molar-refractivity contribution in [1.29, 1.82) is 0 Å². The second-order valence-corrected chi connectivity index (χ2v) is 4.52. The Morgan fingerprint density at radius 2 is 1.91 bits per heavy atom. The van der Waals surface area contributed by atoms with E-state index in [1.807, 2.05) is 0 Å². The van der Waals surface area contributed by atoms with Gasteiger partial charge in [0.05, 0.1) is 5.56 Å². The number of benzene rings is 1. The highest BCUT2D eigenvalue weighted by Crippen LogP contribution is 2.29. The standard InChI is InChI=1S/C14H15F5N2O/c1-9(12(15)16)5-6-20-13(22)21-8-10-3-2-4-11(7-10)14(17,18)19/h2-4,7,12H,1,5-6,8H2,(H2,20,21,22). The normalized spacial score (nSPS) is 11.4. The molecule has 0 heterocycles. The van der Waals surface area contributed by atoms with Crippen LogP contribution in [0.5, 0.6) is 0 Å². The Kier molecular flexibility index (Phi) is 6.33. The Hall–Kier alpha value is -2.12. The molecule has 0 fully saturated rings. The number of carbonyl (C=O) groups excluding carboxylic acids is 1. The molecule has 1 aromatic carbocycles. The fraction of sp³-hybridized carbons (Fsp3) is 0.357. The van der Waals surface area contributed by atoms with Gasteiger partial charge in [-0.1, -0.05) is 18.7 Å². The van der Waals surface area contributed by atoms with Crippen molar-refractivity contribution in [3.05, 3.63) is 47.5 Å². The van der Waals surface area contributed by atoms with Crippen molar-refractivity contribution in [2.75, 3.05) is 6.54 Å². The number of hydrogen-bond donors (Lipinski definition) is 2. The van der Waals surface area contributed by atoms with Crippen LogP contribution in [0, 0.1) is 0 Å². The number of amides is 2. The van der Waals surface area contributed by atoms with Gasteiger partial charge in [-0.2, -0.15) is 13.2 Å². The molecule has 0 saturated heterocycles. The maximum atomic E-state index is 12.5. The van der Waals surface area contributed by atoms with Gasteiger partial charge in [0.15, 0.2) is 0 Å². The Bertz CT molecular complexity index is 528. The molecule has 0 aliphatic rings. The van der Waals surface area contributed by atoms with Gasteiger partial charge in [-0.15, -0.1) is 0 Å². The van der Waals surface area contributed by atoms with Crippen LogP contribution in [0.2, 0.25) is 0 Å². The Morgan fingerprint density at radius 3 is 2.50 bits per heavy atom. The summed E-state index contributed by atoms with van der Waals surface area (Å²) in [5, 5.41) is 4.66. The molecule has 2 N–H and O–H groups in total. The van der Waals surface area contributed by atoms with Gasteiger partial charge in [-0.25, -0.2) is 13.6 Å². The first-order valence-corrected chi connectivity index (χ1v) is 6.34. The van der Waals surface area contributed by atoms with Crippen molar-refractivity contribution in [3.8, 4) is 0 Å². The Labute approximate surface area is 124 Å². The highest BCUT2D eigenvalue weighted by molar-refractivity contribution is 5.73. The van der Waals surface area contributed by atoms with E-state index in [9.17, 15) is 26.7 Å². The van der Waals surface area contributed by atoms with Crippen molar-refractivity contribution in [2.45, 2.75) is 25.6 Å². The fourth-order valence-corrected chi connectivity index (χ4v) is 1.55. The Balaban J connectivity index is 2.40. The van der Waals surface area contributed by atoms with Crippen molar-refractivity contribution in [1.82, 2.24) is 10.6 Å². The molecule has 1 aromatic rings. The third-order valence-corrected chi connectivity index (χ3v) is 2.75. The summed E-state index contributed by atoms with van der Waals surface area (Å²) in [6, 6.07) is 3.89. The molecular formula is C14H15F5N2O. The van der Waals surface area contributed by atoms with Crippen LogP contribution in [0.3, 0.4) is 0 Å². The number of halogens is 5. The van der Waals surface area contributed by atoms with E-state index in [4.69, 9.17) is 0 Å². The predicted octanol–water partition coefficient (Wildman–Crippen LogP) is 3.72. The maximum absolute atomic E-state index is 12.5. The van der Waals surface area contributed by atoms with E-state index in [0.29, 0.717) is 0 Å². The summed E-state index contributed by atoms with van der Waals surface area (Å²) >= 11 is 0. The lowest BCUT2D eigenvalue weighted by molar-refractivity contribution is -0.137. The molecule has 8 heteroatoms. The largest absolute Gasteiger partial charge is 0.416 e. The number of urea groups is 1. The van der Waals surface area contributed by atoms with Gasteiger partial charge in [0.1, 0.15) is 0 Å². The van der Waals surface area contributed by atoms with Crippen molar-refractivity contribution < 1.29 is 26.7 Å². The van der Waals surface area contributed by atoms with E-state index < -0.39 is 24.2 Å². The molecule has 0 radical (unpaired) electrons. The van der Waals surface area contributed by atoms with Crippen molar-refractivity contribution >= 4 is 6.03 Å². The number of alkyl halides is 5. The molecule has 0 aromatic heterocycles. The van der Waals surface area contributed by atoms with Crippen LogP contribution < -0.4 is 10.6 Å². The second-order valence-electron chi connectivity index (χ2n) is 4.52. The van der Waals surface area contributed by atoms with Crippen molar-refractivity contribution in [3.63, 3.8) is 0 Å². The highest BCUT2D eigenvalue weighted by atomic mass is 19.4. The molecule has 0 unspecified atom stereocenters. The van der Waals surface area contributed by atoms with Crippen molar-refractivity contribution in [2.24, 2.45) is 0 Å². The molecule has 22 heavy (non-hydrogen) atoms. The van der Waals surface area contributed by atoms with Crippen LogP contribution in [0.1, 0.15) is 17.5 Å². The summed E-state index contributed by atoms with van der Waals surface area (Å²) in [6.07, 6.45) is -7.17. The van der Waals surface area contributed by atoms with E-state index in [-0.39, 0.29) is 30.6 Å². The first-order valence-electron chi connectivity index (χ1n) is 6.34. The summed E-state index contributed by atoms with van der Waals surface area (Å²) in [6.45, 7) is 3.01. The highest BCUT2D eigenvalue weighted by Gasteiger charge is 2.30. The predicted molar refractivity (Wildman–Crippen MR) is 71.4 cm³/mol. The van der Waals surface area contributed by atoms with Gasteiger partial charge in [0, 0.05) is 13.1 Å². The summed E-state index contributed by atoms with van der Waals surface area (Å²) in [4.78, 5) is 11.4. The molecule has 2 amide bonds. The van der Waals surface area contributed by atoms with Gasteiger partial charge in [0.25, 0.3) is 6.43 Å². The minimum atomic E-state index is -4.45. The quantitative estimate of drug-likeness (QED) is 0.608. The summed E-state index contributed by atoms with van der Waals surface area (Å²) < 4.78 is 61.8. The van der Waals surface area contributed by atoms with Crippen LogP contribution in [0.15, 0.2) is 36.4 Å². The zero-order valence-electron chi connectivity index (χ0n) is 11.5. The number of nitrogens with one attached hydrogen (secondary N) is 2. The molecule has 0 aliphatic heterocycles. The van der Waals surface area contributed by atoms with E-state index >= 15 is 0 Å². The lowest BCUT2D eigenvalue weighted by atomic mass is 10.1. The molecule has 0 bridgehead atoms. The van der Waals surface area contributed by atoms with Gasteiger partial charge >= 0.3 is 12.2 Å². The van der Waals surface area contributed by atoms with Gasteiger partial charge in [0.2, 0.25) is 0 Å². The smallest absolute Gasteiger partial charge is 0.338 e. The third kappa shape index (κ3) is 6.11. The monoisotopic (exact) mass is 322 g/mol. The van der Waals surface area contributed by atoms with Crippen LogP contribution in [0.25, 0.3) is 0 Å². The molecule has 0 aliphatic carbocycles. The van der Waals surface area contributed by atoms with Crippen LogP contribution in [-0.4, -0.2) is 19.0 Å².